The molecule has 5 heteroatoms. The van der Waals surface area contributed by atoms with Gasteiger partial charge in [-0.05, 0) is 12.1 Å². The Hall–Kier alpha value is -2.92. The second kappa shape index (κ2) is 9.14. The quantitative estimate of drug-likeness (QED) is 0.520. The molecule has 142 valence electrons. The van der Waals surface area contributed by atoms with E-state index in [1.54, 1.807) is 6.07 Å². The van der Waals surface area contributed by atoms with Gasteiger partial charge in [0.25, 0.3) is 0 Å². The van der Waals surface area contributed by atoms with Crippen molar-refractivity contribution in [3.8, 4) is 11.3 Å². The van der Waals surface area contributed by atoms with Crippen LogP contribution in [-0.4, -0.2) is 44.7 Å². The number of rotatable bonds is 4. The first-order valence-electron chi connectivity index (χ1n) is 8.78. The average molecular weight is 368 g/mol. The Bertz CT molecular complexity index is 940. The SMILES string of the molecule is CC(=O)OCC[N+](C)(C)C.O=c1cc(-c2ccccc2)oc2ccccc12. The number of likely N-dealkylation sites (N-methyl/N-ethyl adjacent to an activating group) is 1. The van der Waals surface area contributed by atoms with E-state index in [0.29, 0.717) is 23.3 Å². The Balaban J connectivity index is 0.000000227. The fraction of sp³-hybridized carbons (Fsp3) is 0.273. The van der Waals surface area contributed by atoms with E-state index in [2.05, 4.69) is 21.1 Å². The molecule has 5 nitrogen and oxygen atoms in total. The lowest BCUT2D eigenvalue weighted by Crippen LogP contribution is -2.37. The molecule has 0 N–H and O–H groups in total. The first-order chi connectivity index (χ1) is 12.8. The van der Waals surface area contributed by atoms with Gasteiger partial charge in [0.1, 0.15) is 24.5 Å². The Kier molecular flexibility index (Phi) is 6.91. The van der Waals surface area contributed by atoms with Gasteiger partial charge in [-0.1, -0.05) is 42.5 Å². The minimum atomic E-state index is -0.201. The molecule has 3 aromatic rings. The van der Waals surface area contributed by atoms with Gasteiger partial charge in [-0.25, -0.2) is 0 Å². The molecule has 0 atom stereocenters. The fourth-order valence-corrected chi connectivity index (χ4v) is 2.31. The zero-order chi connectivity index (χ0) is 19.9. The Morgan fingerprint density at radius 1 is 1.00 bits per heavy atom. The molecule has 0 fully saturated rings. The van der Waals surface area contributed by atoms with E-state index in [1.165, 1.54) is 13.0 Å². The summed E-state index contributed by atoms with van der Waals surface area (Å²) in [6.45, 7) is 2.80. The van der Waals surface area contributed by atoms with Crippen molar-refractivity contribution in [2.24, 2.45) is 0 Å². The van der Waals surface area contributed by atoms with Crippen LogP contribution in [0.5, 0.6) is 0 Å². The Morgan fingerprint density at radius 2 is 1.63 bits per heavy atom. The lowest BCUT2D eigenvalue weighted by molar-refractivity contribution is -0.870. The summed E-state index contributed by atoms with van der Waals surface area (Å²) in [5, 5.41) is 0.618. The molecule has 1 heterocycles. The van der Waals surface area contributed by atoms with Gasteiger partial charge in [-0.3, -0.25) is 9.59 Å². The number of fused-ring (bicyclic) bond motifs is 1. The summed E-state index contributed by atoms with van der Waals surface area (Å²) in [7, 11) is 6.18. The number of ether oxygens (including phenoxy) is 1. The predicted octanol–water partition coefficient (Wildman–Crippen LogP) is 3.72. The minimum Gasteiger partial charge on any atom is -0.460 e. The largest absolute Gasteiger partial charge is 0.460 e. The van der Waals surface area contributed by atoms with Gasteiger partial charge in [0, 0.05) is 18.6 Å². The molecule has 0 aliphatic rings. The number of carbonyl (C=O) groups excluding carboxylic acids is 1. The van der Waals surface area contributed by atoms with Gasteiger partial charge >= 0.3 is 5.97 Å². The Morgan fingerprint density at radius 3 is 2.26 bits per heavy atom. The molecule has 27 heavy (non-hydrogen) atoms. The maximum atomic E-state index is 11.9. The first kappa shape index (κ1) is 20.4. The highest BCUT2D eigenvalue weighted by Crippen LogP contribution is 2.21. The molecule has 0 unspecified atom stereocenters. The Labute approximate surface area is 159 Å². The van der Waals surface area contributed by atoms with Crippen molar-refractivity contribution in [2.45, 2.75) is 6.92 Å². The minimum absolute atomic E-state index is 0.00861. The van der Waals surface area contributed by atoms with Crippen LogP contribution in [0.25, 0.3) is 22.3 Å². The number of hydrogen-bond acceptors (Lipinski definition) is 4. The second-order valence-electron chi connectivity index (χ2n) is 7.19. The molecular formula is C22H26NO4+. The van der Waals surface area contributed by atoms with Gasteiger partial charge in [0.2, 0.25) is 0 Å². The highest BCUT2D eigenvalue weighted by atomic mass is 16.5. The van der Waals surface area contributed by atoms with Crippen LogP contribution in [0.2, 0.25) is 0 Å². The number of para-hydroxylation sites is 1. The zero-order valence-electron chi connectivity index (χ0n) is 16.3. The lowest BCUT2D eigenvalue weighted by Gasteiger charge is -2.23. The van der Waals surface area contributed by atoms with E-state index >= 15 is 0 Å². The van der Waals surface area contributed by atoms with E-state index in [-0.39, 0.29) is 11.4 Å². The summed E-state index contributed by atoms with van der Waals surface area (Å²) in [6.07, 6.45) is 0. The molecule has 0 spiro atoms. The van der Waals surface area contributed by atoms with Crippen molar-refractivity contribution in [3.63, 3.8) is 0 Å². The summed E-state index contributed by atoms with van der Waals surface area (Å²) in [6, 6.07) is 18.4. The third-order valence-corrected chi connectivity index (χ3v) is 3.76. The van der Waals surface area contributed by atoms with Crippen molar-refractivity contribution in [2.75, 3.05) is 34.3 Å². The smallest absolute Gasteiger partial charge is 0.302 e. The van der Waals surface area contributed by atoms with Crippen molar-refractivity contribution in [1.82, 2.24) is 0 Å². The number of esters is 1. The summed E-state index contributed by atoms with van der Waals surface area (Å²) < 4.78 is 11.3. The molecule has 0 aliphatic heterocycles. The summed E-state index contributed by atoms with van der Waals surface area (Å²) >= 11 is 0. The normalized spacial score (nSPS) is 10.8. The zero-order valence-corrected chi connectivity index (χ0v) is 16.3. The molecule has 3 rings (SSSR count). The van der Waals surface area contributed by atoms with Crippen LogP contribution in [0.3, 0.4) is 0 Å². The average Bonchev–Trinajstić information content (AvgIpc) is 2.61. The van der Waals surface area contributed by atoms with Crippen LogP contribution in [0.1, 0.15) is 6.92 Å². The van der Waals surface area contributed by atoms with Crippen LogP contribution < -0.4 is 5.43 Å². The highest BCUT2D eigenvalue weighted by Gasteiger charge is 2.06. The van der Waals surface area contributed by atoms with E-state index in [9.17, 15) is 9.59 Å². The van der Waals surface area contributed by atoms with E-state index in [0.717, 1.165) is 16.6 Å². The number of benzene rings is 2. The lowest BCUT2D eigenvalue weighted by atomic mass is 10.1. The topological polar surface area (TPSA) is 56.5 Å². The number of quaternary nitrogens is 1. The molecule has 0 aliphatic carbocycles. The highest BCUT2D eigenvalue weighted by molar-refractivity contribution is 5.78. The fourth-order valence-electron chi connectivity index (χ4n) is 2.31. The molecule has 0 amide bonds. The van der Waals surface area contributed by atoms with E-state index < -0.39 is 0 Å². The van der Waals surface area contributed by atoms with Gasteiger partial charge < -0.3 is 13.6 Å². The summed E-state index contributed by atoms with van der Waals surface area (Å²) in [5.74, 6) is 0.405. The van der Waals surface area contributed by atoms with Crippen LogP contribution in [0.4, 0.5) is 0 Å². The third kappa shape index (κ3) is 6.72. The summed E-state index contributed by atoms with van der Waals surface area (Å²) in [5.41, 5.74) is 1.53. The molecule has 1 aromatic heterocycles. The van der Waals surface area contributed by atoms with Crippen LogP contribution in [0, 0.1) is 0 Å². The monoisotopic (exact) mass is 368 g/mol. The third-order valence-electron chi connectivity index (χ3n) is 3.76. The van der Waals surface area contributed by atoms with Gasteiger partial charge in [-0.15, -0.1) is 0 Å². The van der Waals surface area contributed by atoms with Crippen molar-refractivity contribution >= 4 is 16.9 Å². The molecule has 0 radical (unpaired) electrons. The molecule has 2 aromatic carbocycles. The molecule has 0 bridgehead atoms. The van der Waals surface area contributed by atoms with Crippen LogP contribution in [0.15, 0.2) is 69.9 Å². The maximum absolute atomic E-state index is 11.9. The standard InChI is InChI=1S/C15H10O2.C7H16NO2/c16-13-10-15(11-6-2-1-3-7-11)17-14-9-5-4-8-12(13)14;1-7(9)10-6-5-8(2,3)4/h1-10H;5-6H2,1-4H3/q;+1. The van der Waals surface area contributed by atoms with Crippen LogP contribution in [-0.2, 0) is 9.53 Å². The van der Waals surface area contributed by atoms with Crippen molar-refractivity contribution in [3.05, 3.63) is 70.9 Å². The van der Waals surface area contributed by atoms with Gasteiger partial charge in [0.15, 0.2) is 5.43 Å². The summed E-state index contributed by atoms with van der Waals surface area (Å²) in [4.78, 5) is 22.2. The van der Waals surface area contributed by atoms with Gasteiger partial charge in [-0.2, -0.15) is 0 Å². The number of carbonyl (C=O) groups is 1. The van der Waals surface area contributed by atoms with E-state index in [4.69, 9.17) is 9.15 Å². The number of hydrogen-bond donors (Lipinski definition) is 0. The number of nitrogens with zero attached hydrogens (tertiary/aromatic N) is 1. The predicted molar refractivity (Wildman–Crippen MR) is 107 cm³/mol. The molecular weight excluding hydrogens is 342 g/mol. The second-order valence-corrected chi connectivity index (χ2v) is 7.19. The molecule has 0 saturated carbocycles. The van der Waals surface area contributed by atoms with Crippen molar-refractivity contribution in [1.29, 1.82) is 0 Å². The molecule has 0 saturated heterocycles. The van der Waals surface area contributed by atoms with Gasteiger partial charge in [0.05, 0.1) is 26.5 Å². The first-order valence-corrected chi connectivity index (χ1v) is 8.78. The van der Waals surface area contributed by atoms with E-state index in [1.807, 2.05) is 48.5 Å². The van der Waals surface area contributed by atoms with Crippen molar-refractivity contribution < 1.29 is 18.4 Å². The maximum Gasteiger partial charge on any atom is 0.302 e. The van der Waals surface area contributed by atoms with Crippen LogP contribution >= 0.6 is 0 Å².